The first-order valence-corrected chi connectivity index (χ1v) is 12.6. The molecule has 0 radical (unpaired) electrons. The fourth-order valence-electron chi connectivity index (χ4n) is 3.28. The van der Waals surface area contributed by atoms with Crippen molar-refractivity contribution < 1.29 is 17.9 Å². The third-order valence-corrected chi connectivity index (χ3v) is 7.82. The van der Waals surface area contributed by atoms with E-state index in [-0.39, 0.29) is 15.5 Å². The highest BCUT2D eigenvalue weighted by Gasteiger charge is 2.20. The summed E-state index contributed by atoms with van der Waals surface area (Å²) in [4.78, 5) is 18.9. The van der Waals surface area contributed by atoms with Gasteiger partial charge in [0.1, 0.15) is 4.21 Å². The number of rotatable bonds is 7. The van der Waals surface area contributed by atoms with E-state index in [4.69, 9.17) is 4.74 Å². The molecule has 4 rings (SSSR count). The van der Waals surface area contributed by atoms with Gasteiger partial charge in [0.2, 0.25) is 0 Å². The van der Waals surface area contributed by atoms with Crippen molar-refractivity contribution in [3.05, 3.63) is 71.4 Å². The van der Waals surface area contributed by atoms with E-state index in [2.05, 4.69) is 25.1 Å². The minimum absolute atomic E-state index is 0.0751. The zero-order valence-corrected chi connectivity index (χ0v) is 19.5. The Hall–Kier alpha value is -3.28. The van der Waals surface area contributed by atoms with Crippen LogP contribution in [0.5, 0.6) is 0 Å². The quantitative estimate of drug-likeness (QED) is 0.393. The Balaban J connectivity index is 1.45. The van der Waals surface area contributed by atoms with Crippen LogP contribution in [0.1, 0.15) is 22.8 Å². The number of morpholine rings is 1. The lowest BCUT2D eigenvalue weighted by molar-refractivity contribution is 0.0955. The lowest BCUT2D eigenvalue weighted by Gasteiger charge is -2.28. The van der Waals surface area contributed by atoms with Gasteiger partial charge in [0, 0.05) is 25.0 Å². The topological polar surface area (TPSA) is 113 Å². The predicted molar refractivity (Wildman–Crippen MR) is 129 cm³/mol. The number of pyridine rings is 1. The molecule has 1 aromatic carbocycles. The van der Waals surface area contributed by atoms with E-state index in [0.29, 0.717) is 5.71 Å². The van der Waals surface area contributed by atoms with Crippen molar-refractivity contribution >= 4 is 44.4 Å². The summed E-state index contributed by atoms with van der Waals surface area (Å²) in [5, 5.41) is 5.85. The Labute approximate surface area is 196 Å². The van der Waals surface area contributed by atoms with Gasteiger partial charge in [0.25, 0.3) is 15.9 Å². The molecule has 1 aliphatic rings. The molecule has 2 N–H and O–H groups in total. The van der Waals surface area contributed by atoms with Crippen LogP contribution in [0, 0.1) is 0 Å². The van der Waals surface area contributed by atoms with Crippen LogP contribution in [0.15, 0.2) is 69.5 Å². The van der Waals surface area contributed by atoms with Gasteiger partial charge < -0.3 is 9.64 Å². The smallest absolute Gasteiger partial charge is 0.273 e. The number of hydrogen-bond donors (Lipinski definition) is 2. The van der Waals surface area contributed by atoms with E-state index in [1.165, 1.54) is 24.5 Å². The standard InChI is InChI=1S/C22H23N5O4S2/c1-16(17-4-6-18(7-5-17)27-10-12-31-13-11-27)24-25-22(28)19-8-9-23-15-20(19)26-33(29,30)21-3-2-14-32-21/h2-9,14-15,26H,10-13H2,1H3,(H,25,28). The van der Waals surface area contributed by atoms with E-state index in [1.807, 2.05) is 24.3 Å². The van der Waals surface area contributed by atoms with Crippen molar-refractivity contribution in [3.63, 3.8) is 0 Å². The molecule has 172 valence electrons. The van der Waals surface area contributed by atoms with Crippen LogP contribution in [0.2, 0.25) is 0 Å². The summed E-state index contributed by atoms with van der Waals surface area (Å²) in [6, 6.07) is 12.5. The Bertz CT molecular complexity index is 1240. The van der Waals surface area contributed by atoms with Crippen LogP contribution in [0.4, 0.5) is 11.4 Å². The first kappa shape index (κ1) is 22.9. The number of thiophene rings is 1. The molecule has 1 fully saturated rings. The lowest BCUT2D eigenvalue weighted by Crippen LogP contribution is -2.36. The summed E-state index contributed by atoms with van der Waals surface area (Å²) in [5.74, 6) is -0.550. The number of amides is 1. The lowest BCUT2D eigenvalue weighted by atomic mass is 10.1. The number of benzene rings is 1. The maximum absolute atomic E-state index is 12.7. The fourth-order valence-corrected chi connectivity index (χ4v) is 5.34. The van der Waals surface area contributed by atoms with E-state index in [1.54, 1.807) is 18.4 Å². The van der Waals surface area contributed by atoms with Gasteiger partial charge in [0.05, 0.1) is 36.4 Å². The van der Waals surface area contributed by atoms with E-state index in [9.17, 15) is 13.2 Å². The number of aromatic nitrogens is 1. The maximum Gasteiger partial charge on any atom is 0.273 e. The zero-order chi connectivity index (χ0) is 23.3. The summed E-state index contributed by atoms with van der Waals surface area (Å²) in [7, 11) is -3.81. The zero-order valence-electron chi connectivity index (χ0n) is 17.9. The van der Waals surface area contributed by atoms with Crippen LogP contribution in [-0.2, 0) is 14.8 Å². The largest absolute Gasteiger partial charge is 0.378 e. The Morgan fingerprint density at radius 1 is 1.15 bits per heavy atom. The Morgan fingerprint density at radius 3 is 2.61 bits per heavy atom. The third kappa shape index (κ3) is 5.56. The number of sulfonamides is 1. The molecular weight excluding hydrogens is 462 g/mol. The number of ether oxygens (including phenoxy) is 1. The normalized spacial score (nSPS) is 14.7. The van der Waals surface area contributed by atoms with Gasteiger partial charge in [-0.2, -0.15) is 5.10 Å². The molecule has 0 spiro atoms. The molecule has 33 heavy (non-hydrogen) atoms. The number of anilines is 2. The summed E-state index contributed by atoms with van der Waals surface area (Å²) >= 11 is 1.08. The van der Waals surface area contributed by atoms with Gasteiger partial charge in [-0.15, -0.1) is 11.3 Å². The minimum Gasteiger partial charge on any atom is -0.378 e. The Kier molecular flexibility index (Phi) is 7.02. The van der Waals surface area contributed by atoms with Crippen molar-refractivity contribution in [1.29, 1.82) is 0 Å². The van der Waals surface area contributed by atoms with Gasteiger partial charge in [-0.3, -0.25) is 14.5 Å². The molecule has 0 atom stereocenters. The van der Waals surface area contributed by atoms with Crippen molar-refractivity contribution in [1.82, 2.24) is 10.4 Å². The van der Waals surface area contributed by atoms with Gasteiger partial charge in [-0.1, -0.05) is 18.2 Å². The molecule has 3 aromatic rings. The van der Waals surface area contributed by atoms with Crippen molar-refractivity contribution in [3.8, 4) is 0 Å². The Morgan fingerprint density at radius 2 is 1.91 bits per heavy atom. The molecule has 3 heterocycles. The van der Waals surface area contributed by atoms with Crippen LogP contribution < -0.4 is 15.0 Å². The van der Waals surface area contributed by atoms with Crippen LogP contribution in [0.25, 0.3) is 0 Å². The summed E-state index contributed by atoms with van der Waals surface area (Å²) < 4.78 is 33.0. The molecule has 0 saturated carbocycles. The summed E-state index contributed by atoms with van der Waals surface area (Å²) in [5.41, 5.74) is 5.28. The molecule has 9 nitrogen and oxygen atoms in total. The fraction of sp³-hybridized carbons (Fsp3) is 0.227. The van der Waals surface area contributed by atoms with Gasteiger partial charge in [-0.05, 0) is 42.1 Å². The van der Waals surface area contributed by atoms with Crippen molar-refractivity contribution in [2.45, 2.75) is 11.1 Å². The van der Waals surface area contributed by atoms with Crippen LogP contribution >= 0.6 is 11.3 Å². The highest BCUT2D eigenvalue weighted by molar-refractivity contribution is 7.94. The summed E-state index contributed by atoms with van der Waals surface area (Å²) in [6.45, 7) is 4.93. The highest BCUT2D eigenvalue weighted by Crippen LogP contribution is 2.22. The SMILES string of the molecule is CC(=NNC(=O)c1ccncc1NS(=O)(=O)c1cccs1)c1ccc(N2CCOCC2)cc1. The number of nitrogens with zero attached hydrogens (tertiary/aromatic N) is 3. The monoisotopic (exact) mass is 485 g/mol. The average molecular weight is 486 g/mol. The second-order valence-corrected chi connectivity index (χ2v) is 10.1. The highest BCUT2D eigenvalue weighted by atomic mass is 32.2. The van der Waals surface area contributed by atoms with Gasteiger partial charge in [0.15, 0.2) is 0 Å². The number of nitrogens with one attached hydrogen (secondary N) is 2. The number of carbonyl (C=O) groups excluding carboxylic acids is 1. The first-order valence-electron chi connectivity index (χ1n) is 10.2. The summed E-state index contributed by atoms with van der Waals surface area (Å²) in [6.07, 6.45) is 2.71. The molecule has 2 aromatic heterocycles. The molecule has 0 bridgehead atoms. The molecular formula is C22H23N5O4S2. The van der Waals surface area contributed by atoms with Crippen LogP contribution in [0.3, 0.4) is 0 Å². The minimum atomic E-state index is -3.81. The van der Waals surface area contributed by atoms with Gasteiger partial charge in [-0.25, -0.2) is 13.8 Å². The van der Waals surface area contributed by atoms with Crippen molar-refractivity contribution in [2.75, 3.05) is 35.9 Å². The molecule has 0 aliphatic carbocycles. The first-order chi connectivity index (χ1) is 15.9. The molecule has 1 aliphatic heterocycles. The molecule has 0 unspecified atom stereocenters. The van der Waals surface area contributed by atoms with E-state index in [0.717, 1.165) is 48.9 Å². The molecule has 1 saturated heterocycles. The number of hydrogen-bond acceptors (Lipinski definition) is 8. The van der Waals surface area contributed by atoms with E-state index >= 15 is 0 Å². The second kappa shape index (κ2) is 10.1. The molecule has 1 amide bonds. The average Bonchev–Trinajstić information content (AvgIpc) is 3.39. The second-order valence-electron chi connectivity index (χ2n) is 7.24. The van der Waals surface area contributed by atoms with Gasteiger partial charge >= 0.3 is 0 Å². The third-order valence-electron chi connectivity index (χ3n) is 5.06. The predicted octanol–water partition coefficient (Wildman–Crippen LogP) is 2.93. The molecule has 11 heteroatoms. The van der Waals surface area contributed by atoms with E-state index < -0.39 is 15.9 Å². The van der Waals surface area contributed by atoms with Crippen LogP contribution in [-0.4, -0.2) is 51.3 Å². The number of carbonyl (C=O) groups is 1. The maximum atomic E-state index is 12.7. The number of hydrazone groups is 1. The van der Waals surface area contributed by atoms with Crippen molar-refractivity contribution in [2.24, 2.45) is 5.10 Å².